The second kappa shape index (κ2) is 6.61. The zero-order chi connectivity index (χ0) is 13.7. The van der Waals surface area contributed by atoms with Crippen molar-refractivity contribution in [2.75, 3.05) is 20.7 Å². The van der Waals surface area contributed by atoms with Crippen molar-refractivity contribution >= 4 is 17.6 Å². The van der Waals surface area contributed by atoms with Crippen LogP contribution in [0, 0.1) is 6.92 Å². The molecule has 0 spiro atoms. The second-order valence-electron chi connectivity index (χ2n) is 4.46. The Balaban J connectivity index is 2.66. The predicted molar refractivity (Wildman–Crippen MR) is 71.4 cm³/mol. The van der Waals surface area contributed by atoms with Crippen LogP contribution in [0.1, 0.15) is 12.0 Å². The number of hydrogen-bond donors (Lipinski definition) is 1. The Bertz CT molecular complexity index is 421. The summed E-state index contributed by atoms with van der Waals surface area (Å²) in [4.78, 5) is 12.6. The molecule has 0 aliphatic carbocycles. The highest BCUT2D eigenvalue weighted by molar-refractivity contribution is 6.32. The van der Waals surface area contributed by atoms with E-state index in [9.17, 15) is 4.79 Å². The lowest BCUT2D eigenvalue weighted by Gasteiger charge is -2.23. The number of likely N-dealkylation sites (N-methyl/N-ethyl adjacent to an activating group) is 1. The van der Waals surface area contributed by atoms with E-state index < -0.39 is 5.97 Å². The molecule has 0 heterocycles. The number of carboxylic acid groups (broad SMARTS) is 1. The molecule has 18 heavy (non-hydrogen) atoms. The average Bonchev–Trinajstić information content (AvgIpc) is 2.27. The molecule has 5 heteroatoms. The highest BCUT2D eigenvalue weighted by atomic mass is 35.5. The van der Waals surface area contributed by atoms with Gasteiger partial charge in [-0.2, -0.15) is 0 Å². The van der Waals surface area contributed by atoms with Gasteiger partial charge in [-0.05, 0) is 38.7 Å². The number of hydrogen-bond acceptors (Lipinski definition) is 3. The summed E-state index contributed by atoms with van der Waals surface area (Å²) < 4.78 is 5.60. The Kier molecular flexibility index (Phi) is 5.44. The molecule has 1 aromatic carbocycles. The molecule has 0 bridgehead atoms. The summed E-state index contributed by atoms with van der Waals surface area (Å²) in [5, 5.41) is 9.36. The molecular weight excluding hydrogens is 254 g/mol. The zero-order valence-corrected chi connectivity index (χ0v) is 11.6. The van der Waals surface area contributed by atoms with Crippen LogP contribution in [-0.2, 0) is 4.79 Å². The molecule has 0 aromatic heterocycles. The first kappa shape index (κ1) is 14.8. The Hall–Kier alpha value is -1.26. The third-order valence-electron chi connectivity index (χ3n) is 2.66. The fourth-order valence-corrected chi connectivity index (χ4v) is 1.67. The van der Waals surface area contributed by atoms with Gasteiger partial charge in [0.15, 0.2) is 0 Å². The Labute approximate surface area is 112 Å². The van der Waals surface area contributed by atoms with Crippen LogP contribution in [0.3, 0.4) is 0 Å². The van der Waals surface area contributed by atoms with Crippen LogP contribution in [-0.4, -0.2) is 42.7 Å². The Morgan fingerprint density at radius 1 is 1.50 bits per heavy atom. The van der Waals surface area contributed by atoms with Crippen molar-refractivity contribution in [1.82, 2.24) is 4.90 Å². The van der Waals surface area contributed by atoms with Crippen molar-refractivity contribution in [3.63, 3.8) is 0 Å². The lowest BCUT2D eigenvalue weighted by molar-refractivity contribution is -0.138. The SMILES string of the molecule is Cc1ccc(Cl)c(OCC(CC(=O)O)N(C)C)c1. The quantitative estimate of drug-likeness (QED) is 0.863. The van der Waals surface area contributed by atoms with Gasteiger partial charge in [-0.15, -0.1) is 0 Å². The molecule has 0 amide bonds. The van der Waals surface area contributed by atoms with Crippen LogP contribution in [0.4, 0.5) is 0 Å². The summed E-state index contributed by atoms with van der Waals surface area (Å²) in [6.45, 7) is 2.24. The molecule has 1 N–H and O–H groups in total. The Morgan fingerprint density at radius 3 is 2.72 bits per heavy atom. The van der Waals surface area contributed by atoms with Crippen molar-refractivity contribution in [2.24, 2.45) is 0 Å². The van der Waals surface area contributed by atoms with Gasteiger partial charge in [-0.1, -0.05) is 17.7 Å². The smallest absolute Gasteiger partial charge is 0.305 e. The van der Waals surface area contributed by atoms with Crippen molar-refractivity contribution in [1.29, 1.82) is 0 Å². The lowest BCUT2D eigenvalue weighted by atomic mass is 10.2. The van der Waals surface area contributed by atoms with Gasteiger partial charge in [0, 0.05) is 0 Å². The van der Waals surface area contributed by atoms with Crippen LogP contribution in [0.2, 0.25) is 5.02 Å². The molecule has 0 saturated carbocycles. The van der Waals surface area contributed by atoms with E-state index in [0.29, 0.717) is 17.4 Å². The van der Waals surface area contributed by atoms with E-state index >= 15 is 0 Å². The molecule has 0 aliphatic heterocycles. The number of carboxylic acids is 1. The minimum Gasteiger partial charge on any atom is -0.490 e. The maximum Gasteiger partial charge on any atom is 0.305 e. The molecule has 0 aliphatic rings. The van der Waals surface area contributed by atoms with E-state index in [-0.39, 0.29) is 12.5 Å². The number of carbonyl (C=O) groups is 1. The number of ether oxygens (including phenoxy) is 1. The van der Waals surface area contributed by atoms with Gasteiger partial charge in [0.05, 0.1) is 17.5 Å². The number of halogens is 1. The van der Waals surface area contributed by atoms with Crippen LogP contribution in [0.5, 0.6) is 5.75 Å². The van der Waals surface area contributed by atoms with Crippen LogP contribution in [0.25, 0.3) is 0 Å². The fourth-order valence-electron chi connectivity index (χ4n) is 1.50. The largest absolute Gasteiger partial charge is 0.490 e. The van der Waals surface area contributed by atoms with Crippen molar-refractivity contribution in [3.05, 3.63) is 28.8 Å². The highest BCUT2D eigenvalue weighted by Crippen LogP contribution is 2.25. The predicted octanol–water partition coefficient (Wildman–Crippen LogP) is 2.43. The van der Waals surface area contributed by atoms with E-state index in [0.717, 1.165) is 5.56 Å². The minimum atomic E-state index is -0.840. The van der Waals surface area contributed by atoms with Crippen molar-refractivity contribution in [2.45, 2.75) is 19.4 Å². The monoisotopic (exact) mass is 271 g/mol. The summed E-state index contributed by atoms with van der Waals surface area (Å²) in [7, 11) is 3.66. The average molecular weight is 272 g/mol. The molecule has 0 fully saturated rings. The first-order valence-corrected chi connectivity index (χ1v) is 6.05. The van der Waals surface area contributed by atoms with Crippen molar-refractivity contribution < 1.29 is 14.6 Å². The van der Waals surface area contributed by atoms with Gasteiger partial charge in [0.25, 0.3) is 0 Å². The third-order valence-corrected chi connectivity index (χ3v) is 2.97. The molecule has 1 rings (SSSR count). The van der Waals surface area contributed by atoms with Gasteiger partial charge in [0.1, 0.15) is 12.4 Å². The van der Waals surface area contributed by atoms with Crippen LogP contribution in [0.15, 0.2) is 18.2 Å². The first-order valence-electron chi connectivity index (χ1n) is 5.67. The number of rotatable bonds is 6. The molecular formula is C13H18ClNO3. The highest BCUT2D eigenvalue weighted by Gasteiger charge is 2.17. The van der Waals surface area contributed by atoms with E-state index in [4.69, 9.17) is 21.4 Å². The van der Waals surface area contributed by atoms with Gasteiger partial charge in [-0.3, -0.25) is 4.79 Å². The summed E-state index contributed by atoms with van der Waals surface area (Å²) in [5.74, 6) is -0.249. The molecule has 1 atom stereocenters. The van der Waals surface area contributed by atoms with Gasteiger partial charge in [-0.25, -0.2) is 0 Å². The maximum absolute atomic E-state index is 10.7. The third kappa shape index (κ3) is 4.55. The van der Waals surface area contributed by atoms with Crippen LogP contribution < -0.4 is 4.74 Å². The Morgan fingerprint density at radius 2 is 2.17 bits per heavy atom. The summed E-state index contributed by atoms with van der Waals surface area (Å²) in [5.41, 5.74) is 1.05. The molecule has 1 aromatic rings. The summed E-state index contributed by atoms with van der Waals surface area (Å²) in [6, 6.07) is 5.33. The summed E-state index contributed by atoms with van der Waals surface area (Å²) >= 11 is 6.01. The number of aryl methyl sites for hydroxylation is 1. The van der Waals surface area contributed by atoms with E-state index in [1.54, 1.807) is 6.07 Å². The standard InChI is InChI=1S/C13H18ClNO3/c1-9-4-5-11(14)12(6-9)18-8-10(15(2)3)7-13(16)17/h4-6,10H,7-8H2,1-3H3,(H,16,17). The number of benzene rings is 1. The molecule has 4 nitrogen and oxygen atoms in total. The zero-order valence-electron chi connectivity index (χ0n) is 10.8. The first-order chi connectivity index (χ1) is 8.40. The minimum absolute atomic E-state index is 0.0381. The normalized spacial score (nSPS) is 12.5. The fraction of sp³-hybridized carbons (Fsp3) is 0.462. The molecule has 100 valence electrons. The second-order valence-corrected chi connectivity index (χ2v) is 4.87. The van der Waals surface area contributed by atoms with E-state index in [2.05, 4.69) is 0 Å². The topological polar surface area (TPSA) is 49.8 Å². The van der Waals surface area contributed by atoms with E-state index in [1.165, 1.54) is 0 Å². The maximum atomic E-state index is 10.7. The van der Waals surface area contributed by atoms with Crippen LogP contribution >= 0.6 is 11.6 Å². The van der Waals surface area contributed by atoms with E-state index in [1.807, 2.05) is 38.1 Å². The molecule has 0 radical (unpaired) electrons. The number of nitrogens with zero attached hydrogens (tertiary/aromatic N) is 1. The lowest BCUT2D eigenvalue weighted by Crippen LogP contribution is -2.35. The van der Waals surface area contributed by atoms with Crippen molar-refractivity contribution in [3.8, 4) is 5.75 Å². The number of aliphatic carboxylic acids is 1. The molecule has 0 saturated heterocycles. The van der Waals surface area contributed by atoms with Gasteiger partial charge in [0.2, 0.25) is 0 Å². The summed E-state index contributed by atoms with van der Waals surface area (Å²) in [6.07, 6.45) is 0.0381. The molecule has 1 unspecified atom stereocenters. The van der Waals surface area contributed by atoms with Gasteiger partial charge < -0.3 is 14.7 Å². The van der Waals surface area contributed by atoms with Gasteiger partial charge >= 0.3 is 5.97 Å².